The molecule has 22 heavy (non-hydrogen) atoms. The fraction of sp³-hybridized carbons (Fsp3) is 0.133. The Kier molecular flexibility index (Phi) is 5.41. The van der Waals surface area contributed by atoms with Crippen LogP contribution < -0.4 is 10.1 Å². The molecule has 0 atom stereocenters. The van der Waals surface area contributed by atoms with Crippen LogP contribution in [0.15, 0.2) is 32.6 Å². The predicted octanol–water partition coefficient (Wildman–Crippen LogP) is 2.57. The Labute approximate surface area is 140 Å². The van der Waals surface area contributed by atoms with E-state index in [2.05, 4.69) is 32.2 Å². The molecule has 1 N–H and O–H groups in total. The zero-order chi connectivity index (χ0) is 16.1. The maximum absolute atomic E-state index is 11.9. The van der Waals surface area contributed by atoms with Crippen LogP contribution in [0.5, 0.6) is 5.75 Å². The standard InChI is InChI=1S/C15H11BrN2O3S/c1-3-6-21-12-5-4-11(16)7-10(12)8-13-14(20)18-15(22-13)17-9(2)19/h1,4-5,7-8H,6H2,2H3,(H,17,18,19,20). The Morgan fingerprint density at radius 2 is 2.36 bits per heavy atom. The molecule has 112 valence electrons. The van der Waals surface area contributed by atoms with Crippen molar-refractivity contribution in [1.82, 2.24) is 5.32 Å². The molecule has 0 fully saturated rings. The van der Waals surface area contributed by atoms with Crippen LogP contribution in [0.25, 0.3) is 6.08 Å². The van der Waals surface area contributed by atoms with Crippen molar-refractivity contribution in [3.05, 3.63) is 33.1 Å². The van der Waals surface area contributed by atoms with Crippen molar-refractivity contribution >= 4 is 50.7 Å². The Morgan fingerprint density at radius 3 is 3.05 bits per heavy atom. The van der Waals surface area contributed by atoms with E-state index in [9.17, 15) is 9.59 Å². The van der Waals surface area contributed by atoms with Crippen molar-refractivity contribution in [3.8, 4) is 18.1 Å². The van der Waals surface area contributed by atoms with Gasteiger partial charge in [-0.15, -0.1) is 6.42 Å². The first kappa shape index (κ1) is 16.3. The summed E-state index contributed by atoms with van der Waals surface area (Å²) in [5.74, 6) is 2.27. The third-order valence-electron chi connectivity index (χ3n) is 2.47. The van der Waals surface area contributed by atoms with E-state index in [1.165, 1.54) is 6.92 Å². The van der Waals surface area contributed by atoms with E-state index < -0.39 is 5.91 Å². The highest BCUT2D eigenvalue weighted by atomic mass is 79.9. The van der Waals surface area contributed by atoms with Gasteiger partial charge in [0, 0.05) is 17.0 Å². The van der Waals surface area contributed by atoms with Crippen molar-refractivity contribution < 1.29 is 14.3 Å². The van der Waals surface area contributed by atoms with E-state index >= 15 is 0 Å². The Bertz CT molecular complexity index is 735. The number of nitrogens with one attached hydrogen (secondary N) is 1. The lowest BCUT2D eigenvalue weighted by atomic mass is 10.2. The number of hydrogen-bond donors (Lipinski definition) is 1. The summed E-state index contributed by atoms with van der Waals surface area (Å²) in [6.45, 7) is 1.49. The van der Waals surface area contributed by atoms with E-state index in [0.29, 0.717) is 16.2 Å². The smallest absolute Gasteiger partial charge is 0.286 e. The number of thioether (sulfide) groups is 1. The number of halogens is 1. The average molecular weight is 379 g/mol. The number of amidine groups is 1. The molecule has 1 aliphatic rings. The van der Waals surface area contributed by atoms with E-state index in [1.807, 2.05) is 12.1 Å². The van der Waals surface area contributed by atoms with Gasteiger partial charge >= 0.3 is 0 Å². The minimum atomic E-state index is -0.406. The second kappa shape index (κ2) is 7.29. The van der Waals surface area contributed by atoms with Gasteiger partial charge in [0.05, 0.1) is 4.91 Å². The summed E-state index contributed by atoms with van der Waals surface area (Å²) in [6.07, 6.45) is 6.84. The van der Waals surface area contributed by atoms with Crippen LogP contribution in [0.4, 0.5) is 0 Å². The number of ether oxygens (including phenoxy) is 1. The number of carbonyl (C=O) groups is 2. The summed E-state index contributed by atoms with van der Waals surface area (Å²) in [5.41, 5.74) is 0.694. The second-order valence-electron chi connectivity index (χ2n) is 4.19. The van der Waals surface area contributed by atoms with Crippen molar-refractivity contribution in [1.29, 1.82) is 0 Å². The van der Waals surface area contributed by atoms with Gasteiger partial charge in [-0.05, 0) is 36.0 Å². The van der Waals surface area contributed by atoms with Crippen LogP contribution in [-0.4, -0.2) is 23.6 Å². The molecule has 1 aliphatic heterocycles. The monoisotopic (exact) mass is 378 g/mol. The van der Waals surface area contributed by atoms with Crippen LogP contribution in [0.3, 0.4) is 0 Å². The maximum Gasteiger partial charge on any atom is 0.286 e. The molecule has 0 aliphatic carbocycles. The normalized spacial score (nSPS) is 15.4. The van der Waals surface area contributed by atoms with Crippen LogP contribution >= 0.6 is 27.7 Å². The van der Waals surface area contributed by atoms with Crippen LogP contribution in [0, 0.1) is 12.3 Å². The summed E-state index contributed by atoms with van der Waals surface area (Å²) >= 11 is 4.47. The molecule has 1 aromatic rings. The molecule has 0 spiro atoms. The van der Waals surface area contributed by atoms with Gasteiger partial charge in [0.1, 0.15) is 12.4 Å². The molecular formula is C15H11BrN2O3S. The molecule has 1 aromatic carbocycles. The summed E-state index contributed by atoms with van der Waals surface area (Å²) in [4.78, 5) is 27.0. The van der Waals surface area contributed by atoms with Gasteiger partial charge in [0.25, 0.3) is 5.91 Å². The Balaban J connectivity index is 2.26. The third kappa shape index (κ3) is 4.23. The third-order valence-corrected chi connectivity index (χ3v) is 3.87. The quantitative estimate of drug-likeness (QED) is 0.648. The molecule has 5 nitrogen and oxygen atoms in total. The molecule has 1 heterocycles. The highest BCUT2D eigenvalue weighted by Crippen LogP contribution is 2.31. The second-order valence-corrected chi connectivity index (χ2v) is 6.14. The van der Waals surface area contributed by atoms with E-state index in [-0.39, 0.29) is 17.7 Å². The van der Waals surface area contributed by atoms with Crippen molar-refractivity contribution in [3.63, 3.8) is 0 Å². The molecule has 0 radical (unpaired) electrons. The summed E-state index contributed by atoms with van der Waals surface area (Å²) in [7, 11) is 0. The topological polar surface area (TPSA) is 67.8 Å². The molecule has 2 amide bonds. The minimum absolute atomic E-state index is 0.131. The highest BCUT2D eigenvalue weighted by molar-refractivity contribution is 9.10. The van der Waals surface area contributed by atoms with Crippen molar-refractivity contribution in [2.45, 2.75) is 6.92 Å². The van der Waals surface area contributed by atoms with Gasteiger partial charge in [-0.2, -0.15) is 4.99 Å². The number of rotatable bonds is 3. The lowest BCUT2D eigenvalue weighted by molar-refractivity contribution is -0.117. The molecule has 0 saturated carbocycles. The van der Waals surface area contributed by atoms with E-state index in [4.69, 9.17) is 11.2 Å². The van der Waals surface area contributed by atoms with E-state index in [0.717, 1.165) is 16.2 Å². The van der Waals surface area contributed by atoms with Crippen LogP contribution in [-0.2, 0) is 9.59 Å². The molecule has 0 bridgehead atoms. The zero-order valence-corrected chi connectivity index (χ0v) is 14.0. The number of amides is 2. The predicted molar refractivity (Wildman–Crippen MR) is 90.3 cm³/mol. The van der Waals surface area contributed by atoms with Crippen LogP contribution in [0.1, 0.15) is 12.5 Å². The van der Waals surface area contributed by atoms with Gasteiger partial charge in [0.2, 0.25) is 5.91 Å². The minimum Gasteiger partial charge on any atom is -0.480 e. The molecule has 0 saturated heterocycles. The first-order valence-electron chi connectivity index (χ1n) is 6.15. The molecule has 0 unspecified atom stereocenters. The van der Waals surface area contributed by atoms with Gasteiger partial charge in [-0.3, -0.25) is 9.59 Å². The fourth-order valence-corrected chi connectivity index (χ4v) is 2.87. The van der Waals surface area contributed by atoms with Crippen molar-refractivity contribution in [2.75, 3.05) is 6.61 Å². The first-order chi connectivity index (χ1) is 10.5. The average Bonchev–Trinajstić information content (AvgIpc) is 2.77. The zero-order valence-electron chi connectivity index (χ0n) is 11.6. The van der Waals surface area contributed by atoms with Gasteiger partial charge < -0.3 is 10.1 Å². The van der Waals surface area contributed by atoms with Crippen LogP contribution in [0.2, 0.25) is 0 Å². The number of terminal acetylenes is 1. The molecule has 2 rings (SSSR count). The number of nitrogens with zero attached hydrogens (tertiary/aromatic N) is 1. The maximum atomic E-state index is 11.9. The summed E-state index contributed by atoms with van der Waals surface area (Å²) in [5, 5.41) is 2.76. The lowest BCUT2D eigenvalue weighted by Crippen LogP contribution is -2.23. The number of benzene rings is 1. The van der Waals surface area contributed by atoms with E-state index in [1.54, 1.807) is 12.1 Å². The Hall–Kier alpha value is -2.04. The van der Waals surface area contributed by atoms with Gasteiger partial charge in [-0.1, -0.05) is 21.9 Å². The summed E-state index contributed by atoms with van der Waals surface area (Å²) in [6, 6.07) is 5.38. The largest absolute Gasteiger partial charge is 0.480 e. The van der Waals surface area contributed by atoms with Crippen molar-refractivity contribution in [2.24, 2.45) is 4.99 Å². The fourth-order valence-electron chi connectivity index (χ4n) is 1.64. The number of carbonyl (C=O) groups excluding carboxylic acids is 2. The lowest BCUT2D eigenvalue weighted by Gasteiger charge is -2.07. The highest BCUT2D eigenvalue weighted by Gasteiger charge is 2.23. The first-order valence-corrected chi connectivity index (χ1v) is 7.76. The molecule has 0 aromatic heterocycles. The number of aliphatic imine (C=N–C) groups is 1. The Morgan fingerprint density at radius 1 is 1.59 bits per heavy atom. The van der Waals surface area contributed by atoms with Gasteiger partial charge in [0.15, 0.2) is 5.17 Å². The molecular weight excluding hydrogens is 368 g/mol. The number of hydrogen-bond acceptors (Lipinski definition) is 4. The van der Waals surface area contributed by atoms with Gasteiger partial charge in [-0.25, -0.2) is 0 Å². The summed E-state index contributed by atoms with van der Waals surface area (Å²) < 4.78 is 6.29. The molecule has 7 heteroatoms. The SMILES string of the molecule is C#CCOc1ccc(Br)cc1C=C1SC(NC(C)=O)=NC1=O.